The van der Waals surface area contributed by atoms with Gasteiger partial charge < -0.3 is 15.8 Å². The summed E-state index contributed by atoms with van der Waals surface area (Å²) in [6, 6.07) is 0.550. The first-order valence-corrected chi connectivity index (χ1v) is 8.04. The molecule has 1 amide bonds. The first kappa shape index (κ1) is 18.4. The molecule has 0 spiro atoms. The van der Waals surface area contributed by atoms with Gasteiger partial charge in [0.15, 0.2) is 0 Å². The second kappa shape index (κ2) is 8.11. The van der Waals surface area contributed by atoms with Crippen molar-refractivity contribution >= 4 is 5.91 Å². The van der Waals surface area contributed by atoms with Crippen molar-refractivity contribution < 1.29 is 9.53 Å². The highest BCUT2D eigenvalue weighted by molar-refractivity contribution is 5.77. The molecule has 3 N–H and O–H groups in total. The van der Waals surface area contributed by atoms with Crippen LogP contribution in [0.4, 0.5) is 0 Å². The van der Waals surface area contributed by atoms with Gasteiger partial charge in [-0.25, -0.2) is 0 Å². The Balaban J connectivity index is 2.64. The monoisotopic (exact) mass is 299 g/mol. The summed E-state index contributed by atoms with van der Waals surface area (Å²) in [5.74, 6) is 0.824. The lowest BCUT2D eigenvalue weighted by molar-refractivity contribution is -0.124. The van der Waals surface area contributed by atoms with Crippen molar-refractivity contribution in [3.8, 4) is 0 Å². The van der Waals surface area contributed by atoms with Crippen LogP contribution in [0.1, 0.15) is 47.0 Å². The lowest BCUT2D eigenvalue weighted by atomic mass is 10.0. The van der Waals surface area contributed by atoms with E-state index in [2.05, 4.69) is 17.1 Å². The summed E-state index contributed by atoms with van der Waals surface area (Å²) < 4.78 is 5.22. The summed E-state index contributed by atoms with van der Waals surface area (Å²) in [5, 5.41) is 3.03. The minimum atomic E-state index is -0.199. The van der Waals surface area contributed by atoms with Gasteiger partial charge >= 0.3 is 0 Å². The Hall–Kier alpha value is -0.650. The van der Waals surface area contributed by atoms with Gasteiger partial charge in [0.2, 0.25) is 5.91 Å². The van der Waals surface area contributed by atoms with Crippen LogP contribution in [0.25, 0.3) is 0 Å². The van der Waals surface area contributed by atoms with Crippen LogP contribution in [-0.2, 0) is 9.53 Å². The van der Waals surface area contributed by atoms with E-state index in [-0.39, 0.29) is 17.5 Å². The molecule has 1 saturated carbocycles. The van der Waals surface area contributed by atoms with E-state index < -0.39 is 0 Å². The third-order valence-corrected chi connectivity index (χ3v) is 4.06. The molecule has 21 heavy (non-hydrogen) atoms. The maximum Gasteiger partial charge on any atom is 0.222 e. The zero-order valence-electron chi connectivity index (χ0n) is 14.3. The first-order valence-electron chi connectivity index (χ1n) is 8.04. The van der Waals surface area contributed by atoms with E-state index in [9.17, 15) is 4.79 Å². The van der Waals surface area contributed by atoms with Gasteiger partial charge in [0, 0.05) is 44.2 Å². The number of ether oxygens (including phenoxy) is 1. The van der Waals surface area contributed by atoms with Gasteiger partial charge in [0.05, 0.1) is 6.61 Å². The Labute approximate surface area is 129 Å². The van der Waals surface area contributed by atoms with E-state index in [0.29, 0.717) is 25.6 Å². The van der Waals surface area contributed by atoms with Crippen LogP contribution in [0.5, 0.6) is 0 Å². The first-order chi connectivity index (χ1) is 9.78. The predicted molar refractivity (Wildman–Crippen MR) is 86.1 cm³/mol. The molecule has 1 fully saturated rings. The Morgan fingerprint density at radius 3 is 2.48 bits per heavy atom. The zero-order valence-corrected chi connectivity index (χ0v) is 14.3. The molecule has 0 aliphatic heterocycles. The number of nitrogens with two attached hydrogens (primary N) is 1. The molecule has 0 aromatic rings. The third-order valence-electron chi connectivity index (χ3n) is 4.06. The lowest BCUT2D eigenvalue weighted by Crippen LogP contribution is -2.51. The van der Waals surface area contributed by atoms with Gasteiger partial charge in [0.25, 0.3) is 0 Å². The van der Waals surface area contributed by atoms with Crippen LogP contribution >= 0.6 is 0 Å². The van der Waals surface area contributed by atoms with E-state index in [1.54, 1.807) is 7.11 Å². The standard InChI is InChI=1S/C16H33N3O2/c1-12(13-6-7-13)19(8-9-21-5)14(11-17)10-15(20)18-16(2,3)4/h12-14H,6-11,17H2,1-5H3,(H,18,20). The molecular formula is C16H33N3O2. The maximum atomic E-state index is 12.2. The molecule has 1 rings (SSSR count). The Morgan fingerprint density at radius 2 is 2.05 bits per heavy atom. The van der Waals surface area contributed by atoms with Crippen molar-refractivity contribution in [2.75, 3.05) is 26.8 Å². The van der Waals surface area contributed by atoms with Crippen LogP contribution in [-0.4, -0.2) is 55.2 Å². The number of hydrogen-bond acceptors (Lipinski definition) is 4. The Bertz CT molecular complexity index is 324. The van der Waals surface area contributed by atoms with Crippen LogP contribution in [0.15, 0.2) is 0 Å². The molecule has 124 valence electrons. The molecule has 0 aromatic carbocycles. The SMILES string of the molecule is COCCN(C(CN)CC(=O)NC(C)(C)C)C(C)C1CC1. The average Bonchev–Trinajstić information content (AvgIpc) is 3.19. The fraction of sp³-hybridized carbons (Fsp3) is 0.938. The minimum absolute atomic E-state index is 0.0726. The van der Waals surface area contributed by atoms with E-state index in [0.717, 1.165) is 12.5 Å². The number of nitrogens with zero attached hydrogens (tertiary/aromatic N) is 1. The molecule has 0 radical (unpaired) electrons. The average molecular weight is 299 g/mol. The van der Waals surface area contributed by atoms with Gasteiger partial charge in [-0.1, -0.05) is 0 Å². The highest BCUT2D eigenvalue weighted by atomic mass is 16.5. The highest BCUT2D eigenvalue weighted by Gasteiger charge is 2.35. The summed E-state index contributed by atoms with van der Waals surface area (Å²) in [6.07, 6.45) is 3.03. The topological polar surface area (TPSA) is 67.6 Å². The minimum Gasteiger partial charge on any atom is -0.383 e. The number of carbonyl (C=O) groups excluding carboxylic acids is 1. The summed E-state index contributed by atoms with van der Waals surface area (Å²) in [5.41, 5.74) is 5.75. The van der Waals surface area contributed by atoms with Gasteiger partial charge in [-0.3, -0.25) is 9.69 Å². The number of methoxy groups -OCH3 is 1. The van der Waals surface area contributed by atoms with Gasteiger partial charge in [-0.15, -0.1) is 0 Å². The number of rotatable bonds is 9. The molecule has 1 aliphatic carbocycles. The maximum absolute atomic E-state index is 12.2. The lowest BCUT2D eigenvalue weighted by Gasteiger charge is -2.36. The summed E-state index contributed by atoms with van der Waals surface area (Å²) in [6.45, 7) is 10.2. The number of nitrogens with one attached hydrogen (secondary N) is 1. The van der Waals surface area contributed by atoms with E-state index >= 15 is 0 Å². The fourth-order valence-corrected chi connectivity index (χ4v) is 2.78. The normalized spacial score (nSPS) is 18.6. The van der Waals surface area contributed by atoms with E-state index in [1.807, 2.05) is 20.8 Å². The van der Waals surface area contributed by atoms with Crippen molar-refractivity contribution in [2.24, 2.45) is 11.7 Å². The summed E-state index contributed by atoms with van der Waals surface area (Å²) >= 11 is 0. The van der Waals surface area contributed by atoms with Gasteiger partial charge in [0.1, 0.15) is 0 Å². The van der Waals surface area contributed by atoms with E-state index in [4.69, 9.17) is 10.5 Å². The predicted octanol–water partition coefficient (Wildman–Crippen LogP) is 1.37. The summed E-state index contributed by atoms with van der Waals surface area (Å²) in [4.78, 5) is 14.6. The molecule has 2 unspecified atom stereocenters. The molecule has 0 aromatic heterocycles. The van der Waals surface area contributed by atoms with Crippen molar-refractivity contribution in [1.82, 2.24) is 10.2 Å². The number of carbonyl (C=O) groups is 1. The quantitative estimate of drug-likeness (QED) is 0.675. The van der Waals surface area contributed by atoms with Crippen molar-refractivity contribution in [1.29, 1.82) is 0 Å². The van der Waals surface area contributed by atoms with Crippen LogP contribution in [0, 0.1) is 5.92 Å². The van der Waals surface area contributed by atoms with Gasteiger partial charge in [-0.05, 0) is 46.5 Å². The van der Waals surface area contributed by atoms with Crippen molar-refractivity contribution in [2.45, 2.75) is 64.6 Å². The summed E-state index contributed by atoms with van der Waals surface area (Å²) in [7, 11) is 1.71. The zero-order chi connectivity index (χ0) is 16.0. The molecule has 1 aliphatic rings. The number of hydrogen-bond donors (Lipinski definition) is 2. The van der Waals surface area contributed by atoms with E-state index in [1.165, 1.54) is 12.8 Å². The molecule has 2 atom stereocenters. The molecular weight excluding hydrogens is 266 g/mol. The third kappa shape index (κ3) is 6.76. The molecule has 0 saturated heterocycles. The van der Waals surface area contributed by atoms with Crippen molar-refractivity contribution in [3.05, 3.63) is 0 Å². The van der Waals surface area contributed by atoms with Crippen LogP contribution in [0.2, 0.25) is 0 Å². The van der Waals surface area contributed by atoms with Crippen LogP contribution < -0.4 is 11.1 Å². The Kier molecular flexibility index (Phi) is 7.10. The smallest absolute Gasteiger partial charge is 0.222 e. The second-order valence-electron chi connectivity index (χ2n) is 7.20. The molecule has 5 heteroatoms. The molecule has 5 nitrogen and oxygen atoms in total. The van der Waals surface area contributed by atoms with Crippen molar-refractivity contribution in [3.63, 3.8) is 0 Å². The second-order valence-corrected chi connectivity index (χ2v) is 7.20. The van der Waals surface area contributed by atoms with Gasteiger partial charge in [-0.2, -0.15) is 0 Å². The number of amides is 1. The highest BCUT2D eigenvalue weighted by Crippen LogP contribution is 2.36. The Morgan fingerprint density at radius 1 is 1.43 bits per heavy atom. The fourth-order valence-electron chi connectivity index (χ4n) is 2.78. The largest absolute Gasteiger partial charge is 0.383 e. The van der Waals surface area contributed by atoms with Crippen LogP contribution in [0.3, 0.4) is 0 Å². The molecule has 0 heterocycles. The molecule has 0 bridgehead atoms.